The van der Waals surface area contributed by atoms with Gasteiger partial charge in [-0.25, -0.2) is 0 Å². The molecule has 0 heterocycles. The minimum absolute atomic E-state index is 0.00242. The molecule has 22 heavy (non-hydrogen) atoms. The van der Waals surface area contributed by atoms with Crippen LogP contribution in [0.2, 0.25) is 0 Å². The zero-order valence-electron chi connectivity index (χ0n) is 11.7. The summed E-state index contributed by atoms with van der Waals surface area (Å²) in [4.78, 5) is 34.0. The molecule has 2 aromatic carbocycles. The van der Waals surface area contributed by atoms with E-state index in [1.165, 1.54) is 25.1 Å². The zero-order valence-corrected chi connectivity index (χ0v) is 13.8. The van der Waals surface area contributed by atoms with Gasteiger partial charge in [0.1, 0.15) is 0 Å². The van der Waals surface area contributed by atoms with Crippen LogP contribution in [0.5, 0.6) is 0 Å². The van der Waals surface area contributed by atoms with Crippen molar-refractivity contribution in [3.8, 4) is 0 Å². The topological polar surface area (TPSA) is 89.3 Å². The van der Waals surface area contributed by atoms with Crippen LogP contribution in [-0.4, -0.2) is 31.2 Å². The number of nitro groups is 1. The van der Waals surface area contributed by atoms with Crippen molar-refractivity contribution in [1.29, 1.82) is 0 Å². The van der Waals surface area contributed by atoms with Crippen LogP contribution in [0.1, 0.15) is 17.3 Å². The van der Waals surface area contributed by atoms with Crippen LogP contribution in [0, 0.1) is 10.1 Å². The predicted octanol–water partition coefficient (Wildman–Crippen LogP) is 1.46. The predicted molar refractivity (Wildman–Crippen MR) is 85.0 cm³/mol. The van der Waals surface area contributed by atoms with Gasteiger partial charge < -0.3 is 0 Å². The van der Waals surface area contributed by atoms with E-state index in [9.17, 15) is 19.7 Å². The first-order chi connectivity index (χ1) is 10.5. The first-order valence-corrected chi connectivity index (χ1v) is 8.49. The number of carbonyl (C=O) groups excluding carboxylic acids is 2. The normalized spacial score (nSPS) is 10.6. The third-order valence-corrected chi connectivity index (χ3v) is 5.02. The summed E-state index contributed by atoms with van der Waals surface area (Å²) in [7, 11) is 0. The maximum absolute atomic E-state index is 12.4. The molecule has 0 spiro atoms. The Balaban J connectivity index is 2.37. The van der Waals surface area contributed by atoms with E-state index in [2.05, 4.69) is 5.32 Å². The van der Waals surface area contributed by atoms with Crippen LogP contribution < -0.4 is 9.67 Å². The van der Waals surface area contributed by atoms with Gasteiger partial charge in [-0.15, -0.1) is 0 Å². The molecule has 0 radical (unpaired) electrons. The summed E-state index contributed by atoms with van der Waals surface area (Å²) in [5, 5.41) is 13.6. The van der Waals surface area contributed by atoms with Crippen LogP contribution >= 0.6 is 0 Å². The Morgan fingerprint density at radius 1 is 1.14 bits per heavy atom. The standard InChI is InChI=1S/C15H13AsN2O4/c1-10(19)16-14-8-7-12(18(21)22)9-13(14)15(20)17-11-5-3-2-4-6-11/h2-9,16H,1H3,(H,17,20). The molecular weight excluding hydrogens is 347 g/mol. The maximum atomic E-state index is 12.4. The fourth-order valence-corrected chi connectivity index (χ4v) is 3.67. The molecule has 6 nitrogen and oxygen atoms in total. The van der Waals surface area contributed by atoms with Crippen molar-refractivity contribution in [1.82, 2.24) is 0 Å². The van der Waals surface area contributed by atoms with Gasteiger partial charge in [0.05, 0.1) is 0 Å². The van der Waals surface area contributed by atoms with Crippen molar-refractivity contribution in [2.45, 2.75) is 6.92 Å². The first-order valence-electron chi connectivity index (χ1n) is 6.40. The van der Waals surface area contributed by atoms with Crippen molar-refractivity contribution in [3.05, 3.63) is 64.2 Å². The van der Waals surface area contributed by atoms with Crippen molar-refractivity contribution in [3.63, 3.8) is 0 Å². The monoisotopic (exact) mass is 360 g/mol. The van der Waals surface area contributed by atoms with Crippen LogP contribution in [0.15, 0.2) is 48.5 Å². The summed E-state index contributed by atoms with van der Waals surface area (Å²) in [6, 6.07) is 12.8. The molecule has 0 saturated heterocycles. The molecule has 1 amide bonds. The van der Waals surface area contributed by atoms with Crippen LogP contribution in [-0.2, 0) is 4.79 Å². The van der Waals surface area contributed by atoms with Gasteiger partial charge in [0, 0.05) is 0 Å². The van der Waals surface area contributed by atoms with E-state index in [4.69, 9.17) is 0 Å². The summed E-state index contributed by atoms with van der Waals surface area (Å²) >= 11 is -1.17. The van der Waals surface area contributed by atoms with Crippen LogP contribution in [0.25, 0.3) is 0 Å². The van der Waals surface area contributed by atoms with E-state index in [0.717, 1.165) is 0 Å². The van der Waals surface area contributed by atoms with E-state index in [1.807, 2.05) is 6.07 Å². The zero-order chi connectivity index (χ0) is 16.1. The summed E-state index contributed by atoms with van der Waals surface area (Å²) < 4.78 is 0.592. The number of hydrogen-bond donors (Lipinski definition) is 1. The van der Waals surface area contributed by atoms with E-state index in [0.29, 0.717) is 10.0 Å². The molecule has 2 aromatic rings. The van der Waals surface area contributed by atoms with Crippen molar-refractivity contribution in [2.24, 2.45) is 0 Å². The number of nitrogens with one attached hydrogen (secondary N) is 1. The molecule has 112 valence electrons. The van der Waals surface area contributed by atoms with Gasteiger partial charge in [-0.05, 0) is 0 Å². The van der Waals surface area contributed by atoms with E-state index in [1.54, 1.807) is 24.3 Å². The van der Waals surface area contributed by atoms with Crippen LogP contribution in [0.3, 0.4) is 0 Å². The van der Waals surface area contributed by atoms with Gasteiger partial charge >= 0.3 is 133 Å². The Hall–Kier alpha value is -2.46. The number of rotatable bonds is 5. The average molecular weight is 360 g/mol. The van der Waals surface area contributed by atoms with Crippen molar-refractivity contribution < 1.29 is 14.5 Å². The number of benzene rings is 2. The molecule has 0 aliphatic heterocycles. The quantitative estimate of drug-likeness (QED) is 0.497. The van der Waals surface area contributed by atoms with Gasteiger partial charge in [-0.1, -0.05) is 0 Å². The molecule has 1 unspecified atom stereocenters. The van der Waals surface area contributed by atoms with Gasteiger partial charge in [-0.2, -0.15) is 0 Å². The van der Waals surface area contributed by atoms with Gasteiger partial charge in [0.15, 0.2) is 0 Å². The third kappa shape index (κ3) is 4.02. The van der Waals surface area contributed by atoms with E-state index >= 15 is 0 Å². The van der Waals surface area contributed by atoms with Gasteiger partial charge in [-0.3, -0.25) is 0 Å². The molecule has 0 fully saturated rings. The Bertz CT molecular complexity index is 732. The SMILES string of the molecule is CC(=O)[AsH]c1ccc([N+](=O)[O-])cc1C(=O)Nc1ccccc1. The average Bonchev–Trinajstić information content (AvgIpc) is 2.47. The fraction of sp³-hybridized carbons (Fsp3) is 0.0667. The Morgan fingerprint density at radius 3 is 2.41 bits per heavy atom. The summed E-state index contributed by atoms with van der Waals surface area (Å²) in [5.41, 5.74) is 0.609. The molecule has 0 aliphatic carbocycles. The van der Waals surface area contributed by atoms with Gasteiger partial charge in [0.25, 0.3) is 0 Å². The number of para-hydroxylation sites is 1. The van der Waals surface area contributed by atoms with Crippen molar-refractivity contribution >= 4 is 42.0 Å². The number of amides is 1. The Labute approximate surface area is 133 Å². The molecular formula is C15H13AsN2O4. The number of carbonyl (C=O) groups is 2. The number of hydrogen-bond acceptors (Lipinski definition) is 4. The number of non-ortho nitro benzene ring substituents is 1. The molecule has 1 N–H and O–H groups in total. The Kier molecular flexibility index (Phi) is 5.07. The van der Waals surface area contributed by atoms with Crippen molar-refractivity contribution in [2.75, 3.05) is 5.32 Å². The first kappa shape index (κ1) is 15.9. The van der Waals surface area contributed by atoms with Gasteiger partial charge in [0.2, 0.25) is 0 Å². The number of nitrogens with zero attached hydrogens (tertiary/aromatic N) is 1. The second kappa shape index (κ2) is 7.00. The minimum atomic E-state index is -1.17. The van der Waals surface area contributed by atoms with Crippen LogP contribution in [0.4, 0.5) is 11.4 Å². The molecule has 0 aromatic heterocycles. The Morgan fingerprint density at radius 2 is 1.82 bits per heavy atom. The molecule has 0 saturated carbocycles. The molecule has 0 bridgehead atoms. The second-order valence-electron chi connectivity index (χ2n) is 4.49. The number of anilines is 1. The summed E-state index contributed by atoms with van der Waals surface area (Å²) in [6.07, 6.45) is 0. The van der Waals surface area contributed by atoms with E-state index in [-0.39, 0.29) is 15.8 Å². The molecule has 1 atom stereocenters. The van der Waals surface area contributed by atoms with E-state index < -0.39 is 26.6 Å². The number of nitro benzene ring substituents is 1. The molecule has 7 heteroatoms. The third-order valence-electron chi connectivity index (χ3n) is 2.80. The fourth-order valence-electron chi connectivity index (χ4n) is 1.85. The molecule has 2 rings (SSSR count). The summed E-state index contributed by atoms with van der Waals surface area (Å²) in [5.74, 6) is -0.449. The molecule has 0 aliphatic rings. The summed E-state index contributed by atoms with van der Waals surface area (Å²) in [6.45, 7) is 1.46. The second-order valence-corrected chi connectivity index (χ2v) is 7.62.